The summed E-state index contributed by atoms with van der Waals surface area (Å²) in [6, 6.07) is 0. The number of hydrogen-bond acceptors (Lipinski definition) is 3. The van der Waals surface area contributed by atoms with Crippen molar-refractivity contribution in [3.05, 3.63) is 11.6 Å². The maximum absolute atomic E-state index is 15.6. The van der Waals surface area contributed by atoms with Crippen molar-refractivity contribution in [3.63, 3.8) is 0 Å². The van der Waals surface area contributed by atoms with Crippen molar-refractivity contribution >= 4 is 11.8 Å². The monoisotopic (exact) mass is 348 g/mol. The number of allylic oxidation sites excluding steroid dienone is 1. The van der Waals surface area contributed by atoms with Crippen molar-refractivity contribution in [1.82, 2.24) is 0 Å². The third-order valence-electron chi connectivity index (χ3n) is 8.08. The summed E-state index contributed by atoms with van der Waals surface area (Å²) in [7, 11) is 0. The third kappa shape index (κ3) is 2.43. The first-order chi connectivity index (χ1) is 11.8. The highest BCUT2D eigenvalue weighted by molar-refractivity contribution is 5.91. The lowest BCUT2D eigenvalue weighted by Gasteiger charge is -2.58. The molecule has 4 rings (SSSR count). The molecule has 0 N–H and O–H groups in total. The molecule has 4 aliphatic rings. The lowest BCUT2D eigenvalue weighted by Crippen LogP contribution is -2.56. The highest BCUT2D eigenvalue weighted by Crippen LogP contribution is 2.66. The van der Waals surface area contributed by atoms with E-state index in [0.717, 1.165) is 32.1 Å². The van der Waals surface area contributed by atoms with E-state index < -0.39 is 6.17 Å². The van der Waals surface area contributed by atoms with E-state index in [1.165, 1.54) is 12.5 Å². The van der Waals surface area contributed by atoms with Gasteiger partial charge in [-0.1, -0.05) is 19.4 Å². The average Bonchev–Trinajstić information content (AvgIpc) is 2.83. The molecule has 4 heteroatoms. The normalized spacial score (nSPS) is 48.9. The summed E-state index contributed by atoms with van der Waals surface area (Å²) in [5, 5.41) is 0. The van der Waals surface area contributed by atoms with E-state index in [1.807, 2.05) is 6.08 Å². The number of ether oxygens (including phenoxy) is 1. The molecule has 0 aliphatic heterocycles. The molecule has 0 aromatic heterocycles. The zero-order chi connectivity index (χ0) is 18.0. The first kappa shape index (κ1) is 17.2. The highest BCUT2D eigenvalue weighted by atomic mass is 19.1. The molecule has 0 radical (unpaired) electrons. The van der Waals surface area contributed by atoms with Crippen LogP contribution in [0.3, 0.4) is 0 Å². The molecule has 0 bridgehead atoms. The number of ketones is 1. The quantitative estimate of drug-likeness (QED) is 0.660. The van der Waals surface area contributed by atoms with Crippen LogP contribution in [0.2, 0.25) is 0 Å². The van der Waals surface area contributed by atoms with Gasteiger partial charge in [-0.2, -0.15) is 0 Å². The van der Waals surface area contributed by atoms with Crippen LogP contribution in [-0.4, -0.2) is 24.0 Å². The van der Waals surface area contributed by atoms with Crippen molar-refractivity contribution in [2.75, 3.05) is 0 Å². The minimum atomic E-state index is -0.885. The predicted octanol–water partition coefficient (Wildman–Crippen LogP) is 4.40. The summed E-state index contributed by atoms with van der Waals surface area (Å²) < 4.78 is 21.2. The van der Waals surface area contributed by atoms with Gasteiger partial charge in [0, 0.05) is 24.7 Å². The summed E-state index contributed by atoms with van der Waals surface area (Å²) in [5.41, 5.74) is 0.775. The van der Waals surface area contributed by atoms with Gasteiger partial charge in [0.15, 0.2) is 5.78 Å². The number of carbonyl (C=O) groups is 2. The van der Waals surface area contributed by atoms with Crippen molar-refractivity contribution < 1.29 is 18.7 Å². The standard InChI is InChI=1S/C21H29FO3/c1-12(23)25-18-7-6-16-15-5-4-13-10-14(24)8-9-20(13,2)19(15)17(22)11-21(16,18)3/h10,15-19H,4-9,11H2,1-3H3/t15-,16-,17-,18-,19+,20-,21-/m0/s1. The van der Waals surface area contributed by atoms with Gasteiger partial charge in [-0.05, 0) is 61.9 Å². The summed E-state index contributed by atoms with van der Waals surface area (Å²) in [6.45, 7) is 5.78. The van der Waals surface area contributed by atoms with Gasteiger partial charge in [0.25, 0.3) is 0 Å². The van der Waals surface area contributed by atoms with Gasteiger partial charge in [0.1, 0.15) is 12.3 Å². The SMILES string of the molecule is CC(=O)O[C@H]1CC[C@H]2[C@@H]3CCC4=CC(=O)CC[C@]4(C)[C@H]3[C@@H](F)C[C@]12C. The van der Waals surface area contributed by atoms with Crippen LogP contribution in [0.5, 0.6) is 0 Å². The average molecular weight is 348 g/mol. The van der Waals surface area contributed by atoms with E-state index >= 15 is 4.39 Å². The third-order valence-corrected chi connectivity index (χ3v) is 8.08. The van der Waals surface area contributed by atoms with Crippen LogP contribution in [0.25, 0.3) is 0 Å². The fourth-order valence-corrected chi connectivity index (χ4v) is 6.96. The molecule has 0 saturated heterocycles. The van der Waals surface area contributed by atoms with E-state index in [4.69, 9.17) is 4.74 Å². The van der Waals surface area contributed by atoms with Crippen LogP contribution >= 0.6 is 0 Å². The first-order valence-electron chi connectivity index (χ1n) is 9.81. The van der Waals surface area contributed by atoms with E-state index in [1.54, 1.807) is 0 Å². The Hall–Kier alpha value is -1.19. The maximum atomic E-state index is 15.6. The summed E-state index contributed by atoms with van der Waals surface area (Å²) in [4.78, 5) is 23.4. The zero-order valence-electron chi connectivity index (χ0n) is 15.5. The molecule has 3 nitrogen and oxygen atoms in total. The summed E-state index contributed by atoms with van der Waals surface area (Å²) in [6.07, 6.45) is 6.36. The Morgan fingerprint density at radius 2 is 2.00 bits per heavy atom. The molecule has 4 aliphatic carbocycles. The Bertz CT molecular complexity index is 641. The lowest BCUT2D eigenvalue weighted by molar-refractivity contribution is -0.162. The highest BCUT2D eigenvalue weighted by Gasteiger charge is 2.63. The molecular weight excluding hydrogens is 319 g/mol. The molecule has 0 aromatic rings. The van der Waals surface area contributed by atoms with Gasteiger partial charge in [0.05, 0.1) is 0 Å². The molecule has 0 heterocycles. The lowest BCUT2D eigenvalue weighted by atomic mass is 9.47. The predicted molar refractivity (Wildman–Crippen MR) is 92.5 cm³/mol. The molecule has 25 heavy (non-hydrogen) atoms. The molecule has 3 saturated carbocycles. The smallest absolute Gasteiger partial charge is 0.302 e. The van der Waals surface area contributed by atoms with Crippen LogP contribution in [0.15, 0.2) is 11.6 Å². The fourth-order valence-electron chi connectivity index (χ4n) is 6.96. The molecule has 0 amide bonds. The van der Waals surface area contributed by atoms with Crippen molar-refractivity contribution in [2.45, 2.75) is 78.0 Å². The number of rotatable bonds is 1. The van der Waals surface area contributed by atoms with Crippen molar-refractivity contribution in [2.24, 2.45) is 28.6 Å². The van der Waals surface area contributed by atoms with E-state index in [-0.39, 0.29) is 34.6 Å². The van der Waals surface area contributed by atoms with E-state index in [2.05, 4.69) is 13.8 Å². The molecule has 0 spiro atoms. The number of esters is 1. The van der Waals surface area contributed by atoms with Crippen LogP contribution in [-0.2, 0) is 14.3 Å². The molecule has 7 atom stereocenters. The van der Waals surface area contributed by atoms with Gasteiger partial charge in [-0.15, -0.1) is 0 Å². The molecule has 0 unspecified atom stereocenters. The molecule has 3 fully saturated rings. The van der Waals surface area contributed by atoms with Gasteiger partial charge < -0.3 is 4.74 Å². The maximum Gasteiger partial charge on any atom is 0.302 e. The Morgan fingerprint density at radius 3 is 2.72 bits per heavy atom. The summed E-state index contributed by atoms with van der Waals surface area (Å²) >= 11 is 0. The second-order valence-corrected chi connectivity index (χ2v) is 9.29. The van der Waals surface area contributed by atoms with Gasteiger partial charge >= 0.3 is 5.97 Å². The Morgan fingerprint density at radius 1 is 1.24 bits per heavy atom. The second-order valence-electron chi connectivity index (χ2n) is 9.29. The Kier molecular flexibility index (Phi) is 3.90. The first-order valence-corrected chi connectivity index (χ1v) is 9.81. The van der Waals surface area contributed by atoms with Gasteiger partial charge in [-0.25, -0.2) is 4.39 Å². The van der Waals surface area contributed by atoms with Crippen LogP contribution in [0.1, 0.15) is 65.7 Å². The second kappa shape index (κ2) is 5.65. The van der Waals surface area contributed by atoms with E-state index in [9.17, 15) is 9.59 Å². The number of hydrogen-bond donors (Lipinski definition) is 0. The number of fused-ring (bicyclic) bond motifs is 5. The van der Waals surface area contributed by atoms with Crippen molar-refractivity contribution in [3.8, 4) is 0 Å². The number of alkyl halides is 1. The Balaban J connectivity index is 1.68. The zero-order valence-corrected chi connectivity index (χ0v) is 15.5. The van der Waals surface area contributed by atoms with Crippen LogP contribution in [0.4, 0.5) is 4.39 Å². The fraction of sp³-hybridized carbons (Fsp3) is 0.810. The molecular formula is C21H29FO3. The van der Waals surface area contributed by atoms with E-state index in [0.29, 0.717) is 24.7 Å². The van der Waals surface area contributed by atoms with Crippen molar-refractivity contribution in [1.29, 1.82) is 0 Å². The van der Waals surface area contributed by atoms with Gasteiger partial charge in [0.2, 0.25) is 0 Å². The number of halogens is 1. The minimum Gasteiger partial charge on any atom is -0.462 e. The largest absolute Gasteiger partial charge is 0.462 e. The molecule has 138 valence electrons. The topological polar surface area (TPSA) is 43.4 Å². The van der Waals surface area contributed by atoms with Crippen LogP contribution < -0.4 is 0 Å². The van der Waals surface area contributed by atoms with Gasteiger partial charge in [-0.3, -0.25) is 9.59 Å². The number of carbonyl (C=O) groups excluding carboxylic acids is 2. The van der Waals surface area contributed by atoms with Crippen LogP contribution in [0, 0.1) is 28.6 Å². The summed E-state index contributed by atoms with van der Waals surface area (Å²) in [5.74, 6) is 0.720. The molecule has 0 aromatic carbocycles. The minimum absolute atomic E-state index is 0.00903. The Labute approximate surface area is 149 Å².